The van der Waals surface area contributed by atoms with Crippen molar-refractivity contribution in [1.82, 2.24) is 15.8 Å². The highest BCUT2D eigenvalue weighted by Crippen LogP contribution is 2.19. The number of amides is 2. The van der Waals surface area contributed by atoms with E-state index in [0.29, 0.717) is 0 Å². The minimum atomic E-state index is -0.525. The lowest BCUT2D eigenvalue weighted by molar-refractivity contribution is -0.121. The van der Waals surface area contributed by atoms with Crippen LogP contribution < -0.4 is 10.9 Å². The van der Waals surface area contributed by atoms with Crippen molar-refractivity contribution in [2.45, 2.75) is 6.42 Å². The van der Waals surface area contributed by atoms with Gasteiger partial charge in [0.15, 0.2) is 0 Å². The third-order valence-corrected chi connectivity index (χ3v) is 3.27. The van der Waals surface area contributed by atoms with E-state index in [1.54, 1.807) is 0 Å². The molecule has 0 aliphatic heterocycles. The van der Waals surface area contributed by atoms with E-state index in [4.69, 9.17) is 23.2 Å². The summed E-state index contributed by atoms with van der Waals surface area (Å²) in [5, 5.41) is 0.279. The van der Waals surface area contributed by atoms with Gasteiger partial charge in [-0.3, -0.25) is 20.4 Å². The van der Waals surface area contributed by atoms with Crippen molar-refractivity contribution in [2.24, 2.45) is 0 Å². The molecule has 0 fully saturated rings. The lowest BCUT2D eigenvalue weighted by Crippen LogP contribution is -2.42. The van der Waals surface area contributed by atoms with Crippen LogP contribution in [0.2, 0.25) is 10.2 Å². The number of halogens is 2. The predicted octanol–water partition coefficient (Wildman–Crippen LogP) is 2.39. The minimum Gasteiger partial charge on any atom is -0.273 e. The second-order valence-corrected chi connectivity index (χ2v) is 4.93. The molecule has 2 N–H and O–H groups in total. The van der Waals surface area contributed by atoms with Gasteiger partial charge in [-0.1, -0.05) is 53.5 Å². The monoisotopic (exact) mass is 323 g/mol. The van der Waals surface area contributed by atoms with Gasteiger partial charge in [-0.25, -0.2) is 4.98 Å². The van der Waals surface area contributed by atoms with E-state index in [1.165, 1.54) is 12.3 Å². The van der Waals surface area contributed by atoms with Crippen LogP contribution in [0.5, 0.6) is 0 Å². The number of aromatic nitrogens is 1. The maximum Gasteiger partial charge on any atom is 0.271 e. The molecule has 0 saturated carbocycles. The molecule has 0 saturated heterocycles. The number of benzene rings is 1. The highest BCUT2D eigenvalue weighted by molar-refractivity contribution is 6.41. The van der Waals surface area contributed by atoms with Gasteiger partial charge in [0.05, 0.1) is 17.0 Å². The molecule has 0 atom stereocenters. The molecule has 0 aliphatic carbocycles. The fourth-order valence-corrected chi connectivity index (χ4v) is 1.84. The van der Waals surface area contributed by atoms with Crippen molar-refractivity contribution in [3.8, 4) is 0 Å². The standard InChI is InChI=1S/C14H11Cl2N3O2/c15-11-7-10(8-17-13(11)16)14(21)19-18-12(20)6-9-4-2-1-3-5-9/h1-5,7-8H,6H2,(H,18,20)(H,19,21). The van der Waals surface area contributed by atoms with Crippen molar-refractivity contribution in [3.05, 3.63) is 63.9 Å². The first kappa shape index (κ1) is 15.3. The Labute approximate surface area is 131 Å². The van der Waals surface area contributed by atoms with Crippen molar-refractivity contribution in [1.29, 1.82) is 0 Å². The largest absolute Gasteiger partial charge is 0.273 e. The van der Waals surface area contributed by atoms with Crippen LogP contribution in [-0.2, 0) is 11.2 Å². The number of carbonyl (C=O) groups is 2. The summed E-state index contributed by atoms with van der Waals surface area (Å²) < 4.78 is 0. The summed E-state index contributed by atoms with van der Waals surface area (Å²) in [4.78, 5) is 27.2. The number of hydrogen-bond donors (Lipinski definition) is 2. The maximum atomic E-state index is 11.8. The Morgan fingerprint density at radius 1 is 1.10 bits per heavy atom. The van der Waals surface area contributed by atoms with Gasteiger partial charge in [0, 0.05) is 6.20 Å². The number of pyridine rings is 1. The Bertz CT molecular complexity index is 663. The van der Waals surface area contributed by atoms with Gasteiger partial charge in [0.2, 0.25) is 5.91 Å². The van der Waals surface area contributed by atoms with E-state index in [0.717, 1.165) is 5.56 Å². The van der Waals surface area contributed by atoms with Crippen molar-refractivity contribution >= 4 is 35.0 Å². The minimum absolute atomic E-state index is 0.112. The second kappa shape index (κ2) is 7.06. The summed E-state index contributed by atoms with van der Waals surface area (Å²) >= 11 is 11.4. The zero-order valence-electron chi connectivity index (χ0n) is 10.8. The van der Waals surface area contributed by atoms with Crippen LogP contribution in [0.1, 0.15) is 15.9 Å². The van der Waals surface area contributed by atoms with E-state index in [2.05, 4.69) is 15.8 Å². The summed E-state index contributed by atoms with van der Waals surface area (Å²) in [5.41, 5.74) is 5.65. The van der Waals surface area contributed by atoms with Gasteiger partial charge in [0.1, 0.15) is 5.15 Å². The number of nitrogens with one attached hydrogen (secondary N) is 2. The van der Waals surface area contributed by atoms with Gasteiger partial charge in [-0.05, 0) is 11.6 Å². The van der Waals surface area contributed by atoms with Crippen LogP contribution in [-0.4, -0.2) is 16.8 Å². The number of hydrogen-bond acceptors (Lipinski definition) is 3. The number of carbonyl (C=O) groups excluding carboxylic acids is 2. The molecular formula is C14H11Cl2N3O2. The van der Waals surface area contributed by atoms with Crippen molar-refractivity contribution < 1.29 is 9.59 Å². The van der Waals surface area contributed by atoms with Crippen LogP contribution >= 0.6 is 23.2 Å². The SMILES string of the molecule is O=C(Cc1ccccc1)NNC(=O)c1cnc(Cl)c(Cl)c1. The fourth-order valence-electron chi connectivity index (χ4n) is 1.57. The number of hydrazine groups is 1. The molecule has 0 aliphatic rings. The Balaban J connectivity index is 1.89. The molecule has 0 radical (unpaired) electrons. The highest BCUT2D eigenvalue weighted by atomic mass is 35.5. The molecule has 1 heterocycles. The molecule has 0 bridgehead atoms. The zero-order chi connectivity index (χ0) is 15.2. The van der Waals surface area contributed by atoms with Gasteiger partial charge in [-0.2, -0.15) is 0 Å². The van der Waals surface area contributed by atoms with Gasteiger partial charge in [0.25, 0.3) is 5.91 Å². The van der Waals surface area contributed by atoms with Gasteiger partial charge < -0.3 is 0 Å². The third-order valence-electron chi connectivity index (χ3n) is 2.58. The molecule has 1 aromatic carbocycles. The summed E-state index contributed by atoms with van der Waals surface area (Å²) in [7, 11) is 0. The smallest absolute Gasteiger partial charge is 0.271 e. The summed E-state index contributed by atoms with van der Waals surface area (Å²) in [6.45, 7) is 0. The number of rotatable bonds is 3. The zero-order valence-corrected chi connectivity index (χ0v) is 12.3. The maximum absolute atomic E-state index is 11.8. The van der Waals surface area contributed by atoms with Crippen LogP contribution in [0.15, 0.2) is 42.6 Å². The summed E-state index contributed by atoms with van der Waals surface area (Å²) in [6, 6.07) is 10.6. The molecule has 7 heteroatoms. The van der Waals surface area contributed by atoms with E-state index >= 15 is 0 Å². The third kappa shape index (κ3) is 4.44. The summed E-state index contributed by atoms with van der Waals surface area (Å²) in [5.74, 6) is -0.856. The van der Waals surface area contributed by atoms with Crippen molar-refractivity contribution in [2.75, 3.05) is 0 Å². The first-order valence-corrected chi connectivity index (χ1v) is 6.76. The van der Waals surface area contributed by atoms with Crippen LogP contribution in [0.25, 0.3) is 0 Å². The van der Waals surface area contributed by atoms with E-state index in [-0.39, 0.29) is 28.1 Å². The molecular weight excluding hydrogens is 313 g/mol. The molecule has 2 aromatic rings. The van der Waals surface area contributed by atoms with E-state index in [1.807, 2.05) is 30.3 Å². The Hall–Kier alpha value is -2.11. The molecule has 5 nitrogen and oxygen atoms in total. The molecule has 0 unspecified atom stereocenters. The second-order valence-electron chi connectivity index (χ2n) is 4.16. The Morgan fingerprint density at radius 2 is 1.81 bits per heavy atom. The lowest BCUT2D eigenvalue weighted by Gasteiger charge is -2.07. The first-order valence-electron chi connectivity index (χ1n) is 6.00. The molecule has 1 aromatic heterocycles. The van der Waals surface area contributed by atoms with Crippen molar-refractivity contribution in [3.63, 3.8) is 0 Å². The molecule has 108 valence electrons. The normalized spacial score (nSPS) is 10.0. The van der Waals surface area contributed by atoms with Crippen LogP contribution in [0.3, 0.4) is 0 Å². The van der Waals surface area contributed by atoms with Gasteiger partial charge >= 0.3 is 0 Å². The Kier molecular flexibility index (Phi) is 5.14. The van der Waals surface area contributed by atoms with Crippen LogP contribution in [0.4, 0.5) is 0 Å². The molecule has 2 rings (SSSR count). The predicted molar refractivity (Wildman–Crippen MR) is 80.0 cm³/mol. The van der Waals surface area contributed by atoms with Gasteiger partial charge in [-0.15, -0.1) is 0 Å². The first-order chi connectivity index (χ1) is 10.1. The summed E-state index contributed by atoms with van der Waals surface area (Å²) in [6.07, 6.45) is 1.44. The highest BCUT2D eigenvalue weighted by Gasteiger charge is 2.10. The molecule has 2 amide bonds. The van der Waals surface area contributed by atoms with E-state index < -0.39 is 5.91 Å². The fraction of sp³-hybridized carbons (Fsp3) is 0.0714. The molecule has 0 spiro atoms. The average Bonchev–Trinajstić information content (AvgIpc) is 2.48. The quantitative estimate of drug-likeness (QED) is 0.673. The average molecular weight is 324 g/mol. The lowest BCUT2D eigenvalue weighted by atomic mass is 10.1. The molecule has 21 heavy (non-hydrogen) atoms. The van der Waals surface area contributed by atoms with E-state index in [9.17, 15) is 9.59 Å². The van der Waals surface area contributed by atoms with Crippen LogP contribution in [0, 0.1) is 0 Å². The topological polar surface area (TPSA) is 71.1 Å². The Morgan fingerprint density at radius 3 is 2.48 bits per heavy atom. The number of nitrogens with zero attached hydrogens (tertiary/aromatic N) is 1.